The van der Waals surface area contributed by atoms with E-state index in [-0.39, 0.29) is 10.7 Å². The van der Waals surface area contributed by atoms with Crippen LogP contribution in [0.2, 0.25) is 5.02 Å². The number of hydrogen-bond donors (Lipinski definition) is 3. The van der Waals surface area contributed by atoms with Gasteiger partial charge >= 0.3 is 0 Å². The summed E-state index contributed by atoms with van der Waals surface area (Å²) >= 11 is 5.74. The number of anilines is 3. The first-order valence-corrected chi connectivity index (χ1v) is 5.85. The van der Waals surface area contributed by atoms with Gasteiger partial charge in [-0.15, -0.1) is 0 Å². The van der Waals surface area contributed by atoms with E-state index in [4.69, 9.17) is 17.4 Å². The minimum Gasteiger partial charge on any atom is -0.355 e. The van der Waals surface area contributed by atoms with Crippen molar-refractivity contribution < 1.29 is 9.31 Å². The van der Waals surface area contributed by atoms with Gasteiger partial charge < -0.3 is 10.7 Å². The number of nitrogens with one attached hydrogen (secondary N) is 2. The Hall–Kier alpha value is -2.38. The molecule has 0 unspecified atom stereocenters. The van der Waals surface area contributed by atoms with Gasteiger partial charge in [-0.2, -0.15) is 0 Å². The van der Waals surface area contributed by atoms with Crippen molar-refractivity contribution in [2.75, 3.05) is 10.7 Å². The first-order chi connectivity index (χ1) is 9.47. The van der Waals surface area contributed by atoms with E-state index in [1.54, 1.807) is 6.07 Å². The summed E-state index contributed by atoms with van der Waals surface area (Å²) in [5.74, 6) is 4.74. The van der Waals surface area contributed by atoms with Gasteiger partial charge in [-0.25, -0.2) is 4.39 Å². The molecule has 2 aromatic rings. The third-order valence-corrected chi connectivity index (χ3v) is 2.66. The average molecular weight is 297 g/mol. The van der Waals surface area contributed by atoms with Gasteiger partial charge in [0.05, 0.1) is 10.6 Å². The van der Waals surface area contributed by atoms with Crippen LogP contribution in [0.3, 0.4) is 0 Å². The fourth-order valence-corrected chi connectivity index (χ4v) is 1.89. The molecule has 0 atom stereocenters. The first-order valence-electron chi connectivity index (χ1n) is 5.47. The molecule has 0 fully saturated rings. The van der Waals surface area contributed by atoms with Crippen LogP contribution < -0.4 is 16.6 Å². The Morgan fingerprint density at radius 3 is 2.35 bits per heavy atom. The molecule has 0 heterocycles. The highest BCUT2D eigenvalue weighted by Gasteiger charge is 2.10. The predicted octanol–water partition coefficient (Wildman–Crippen LogP) is 3.42. The second kappa shape index (κ2) is 5.72. The van der Waals surface area contributed by atoms with Gasteiger partial charge in [-0.3, -0.25) is 16.0 Å². The topological polar surface area (TPSA) is 93.2 Å². The SMILES string of the molecule is NNc1cc(Nc2cc(F)cc(Cl)c2)cc([N+](=O)[O-])c1. The summed E-state index contributed by atoms with van der Waals surface area (Å²) in [6.07, 6.45) is 0. The summed E-state index contributed by atoms with van der Waals surface area (Å²) in [7, 11) is 0. The number of nitrogens with zero attached hydrogens (tertiary/aromatic N) is 1. The summed E-state index contributed by atoms with van der Waals surface area (Å²) < 4.78 is 13.2. The van der Waals surface area contributed by atoms with Gasteiger partial charge in [-0.1, -0.05) is 11.6 Å². The number of nitrogens with two attached hydrogens (primary N) is 1. The Bertz CT molecular complexity index is 646. The number of benzene rings is 2. The van der Waals surface area contributed by atoms with Gasteiger partial charge in [-0.05, 0) is 24.3 Å². The van der Waals surface area contributed by atoms with Gasteiger partial charge in [0.1, 0.15) is 5.82 Å². The molecule has 0 saturated carbocycles. The highest BCUT2D eigenvalue weighted by Crippen LogP contribution is 2.27. The second-order valence-corrected chi connectivity index (χ2v) is 4.39. The molecular formula is C12H10ClFN4O2. The van der Waals surface area contributed by atoms with Crippen LogP contribution in [0.4, 0.5) is 27.1 Å². The molecule has 20 heavy (non-hydrogen) atoms. The number of halogens is 2. The van der Waals surface area contributed by atoms with Gasteiger partial charge in [0.15, 0.2) is 0 Å². The molecule has 8 heteroatoms. The molecule has 0 aliphatic rings. The number of hydrogen-bond acceptors (Lipinski definition) is 5. The molecule has 0 radical (unpaired) electrons. The normalized spacial score (nSPS) is 10.2. The van der Waals surface area contributed by atoms with Gasteiger partial charge in [0, 0.05) is 28.5 Å². The molecule has 4 N–H and O–H groups in total. The van der Waals surface area contributed by atoms with Crippen molar-refractivity contribution in [1.29, 1.82) is 0 Å². The van der Waals surface area contributed by atoms with Crippen LogP contribution in [0.15, 0.2) is 36.4 Å². The number of non-ortho nitro benzene ring substituents is 1. The molecule has 2 rings (SSSR count). The van der Waals surface area contributed by atoms with E-state index < -0.39 is 10.7 Å². The van der Waals surface area contributed by atoms with Crippen molar-refractivity contribution in [2.45, 2.75) is 0 Å². The number of rotatable bonds is 4. The number of hydrazine groups is 1. The van der Waals surface area contributed by atoms with Crippen molar-refractivity contribution in [3.05, 3.63) is 57.4 Å². The fourth-order valence-electron chi connectivity index (χ4n) is 1.66. The minimum atomic E-state index is -0.551. The summed E-state index contributed by atoms with van der Waals surface area (Å²) in [6.45, 7) is 0. The van der Waals surface area contributed by atoms with Crippen molar-refractivity contribution in [3.63, 3.8) is 0 Å². The fraction of sp³-hybridized carbons (Fsp3) is 0. The van der Waals surface area contributed by atoms with Crippen molar-refractivity contribution in [2.24, 2.45) is 5.84 Å². The Morgan fingerprint density at radius 2 is 1.75 bits per heavy atom. The lowest BCUT2D eigenvalue weighted by molar-refractivity contribution is -0.384. The third kappa shape index (κ3) is 3.34. The molecule has 2 aromatic carbocycles. The van der Waals surface area contributed by atoms with Crippen LogP contribution in [-0.2, 0) is 0 Å². The quantitative estimate of drug-likeness (QED) is 0.456. The summed E-state index contributed by atoms with van der Waals surface area (Å²) in [6, 6.07) is 8.02. The molecule has 0 spiro atoms. The summed E-state index contributed by atoms with van der Waals surface area (Å²) in [5, 5.41) is 13.9. The van der Waals surface area contributed by atoms with E-state index in [0.717, 1.165) is 6.07 Å². The minimum absolute atomic E-state index is 0.148. The highest BCUT2D eigenvalue weighted by molar-refractivity contribution is 6.30. The maximum Gasteiger partial charge on any atom is 0.273 e. The molecule has 0 aliphatic heterocycles. The molecule has 0 saturated heterocycles. The molecular weight excluding hydrogens is 287 g/mol. The van der Waals surface area contributed by atoms with E-state index >= 15 is 0 Å². The molecule has 0 amide bonds. The number of nitrogen functional groups attached to an aromatic ring is 1. The Labute approximate surface area is 118 Å². The molecule has 104 valence electrons. The monoisotopic (exact) mass is 296 g/mol. The third-order valence-electron chi connectivity index (χ3n) is 2.45. The number of nitro groups is 1. The number of nitro benzene ring substituents is 1. The van der Waals surface area contributed by atoms with E-state index in [9.17, 15) is 14.5 Å². The average Bonchev–Trinajstić information content (AvgIpc) is 2.36. The maximum absolute atomic E-state index is 13.2. The van der Waals surface area contributed by atoms with Crippen molar-refractivity contribution in [3.8, 4) is 0 Å². The van der Waals surface area contributed by atoms with Crippen LogP contribution >= 0.6 is 11.6 Å². The van der Waals surface area contributed by atoms with Gasteiger partial charge in [0.25, 0.3) is 5.69 Å². The predicted molar refractivity (Wildman–Crippen MR) is 75.6 cm³/mol. The van der Waals surface area contributed by atoms with E-state index in [1.807, 2.05) is 0 Å². The van der Waals surface area contributed by atoms with Crippen LogP contribution in [0.25, 0.3) is 0 Å². The lowest BCUT2D eigenvalue weighted by atomic mass is 10.2. The smallest absolute Gasteiger partial charge is 0.273 e. The first kappa shape index (κ1) is 14.0. The lowest BCUT2D eigenvalue weighted by Crippen LogP contribution is -2.07. The lowest BCUT2D eigenvalue weighted by Gasteiger charge is -2.09. The summed E-state index contributed by atoms with van der Waals surface area (Å²) in [4.78, 5) is 10.3. The van der Waals surface area contributed by atoms with Crippen LogP contribution in [-0.4, -0.2) is 4.92 Å². The Kier molecular flexibility index (Phi) is 4.02. The zero-order valence-electron chi connectivity index (χ0n) is 10.1. The standard InChI is InChI=1S/C12H10ClFN4O2/c13-7-1-8(14)3-9(2-7)16-10-4-11(17-15)6-12(5-10)18(19)20/h1-6,16-17H,15H2. The second-order valence-electron chi connectivity index (χ2n) is 3.95. The molecule has 0 aliphatic carbocycles. The van der Waals surface area contributed by atoms with Gasteiger partial charge in [0.2, 0.25) is 0 Å². The van der Waals surface area contributed by atoms with E-state index in [0.29, 0.717) is 17.1 Å². The molecule has 0 bridgehead atoms. The Morgan fingerprint density at radius 1 is 1.10 bits per heavy atom. The molecule has 6 nitrogen and oxygen atoms in total. The largest absolute Gasteiger partial charge is 0.355 e. The van der Waals surface area contributed by atoms with Crippen LogP contribution in [0.1, 0.15) is 0 Å². The Balaban J connectivity index is 2.37. The van der Waals surface area contributed by atoms with Crippen molar-refractivity contribution >= 4 is 34.4 Å². The maximum atomic E-state index is 13.2. The van der Waals surface area contributed by atoms with E-state index in [2.05, 4.69) is 10.7 Å². The van der Waals surface area contributed by atoms with E-state index in [1.165, 1.54) is 24.3 Å². The van der Waals surface area contributed by atoms with Crippen molar-refractivity contribution in [1.82, 2.24) is 0 Å². The zero-order valence-corrected chi connectivity index (χ0v) is 10.8. The molecule has 0 aromatic heterocycles. The van der Waals surface area contributed by atoms with Crippen LogP contribution in [0, 0.1) is 15.9 Å². The summed E-state index contributed by atoms with van der Waals surface area (Å²) in [5.41, 5.74) is 3.29. The van der Waals surface area contributed by atoms with Crippen LogP contribution in [0.5, 0.6) is 0 Å². The zero-order chi connectivity index (χ0) is 14.7. The highest BCUT2D eigenvalue weighted by atomic mass is 35.5.